The van der Waals surface area contributed by atoms with Crippen LogP contribution in [0.25, 0.3) is 0 Å². The van der Waals surface area contributed by atoms with Gasteiger partial charge in [-0.3, -0.25) is 5.41 Å². The highest BCUT2D eigenvalue weighted by Crippen LogP contribution is 2.68. The summed E-state index contributed by atoms with van der Waals surface area (Å²) in [6.07, 6.45) is -1.17. The molecule has 0 aliphatic carbocycles. The molecule has 2 bridgehead atoms. The summed E-state index contributed by atoms with van der Waals surface area (Å²) in [5.41, 5.74) is -2.09. The van der Waals surface area contributed by atoms with Crippen molar-refractivity contribution in [3.05, 3.63) is 71.0 Å². The van der Waals surface area contributed by atoms with Crippen LogP contribution in [0.5, 0.6) is 0 Å². The van der Waals surface area contributed by atoms with E-state index in [9.17, 15) is 20.2 Å². The highest BCUT2D eigenvalue weighted by atomic mass is 19.1. The number of halogens is 1. The summed E-state index contributed by atoms with van der Waals surface area (Å²) in [6, 6.07) is 18.6. The molecule has 2 saturated heterocycles. The Bertz CT molecular complexity index is 1160. The van der Waals surface area contributed by atoms with Crippen molar-refractivity contribution in [2.75, 3.05) is 0 Å². The lowest BCUT2D eigenvalue weighted by Gasteiger charge is -2.48. The molecule has 148 valence electrons. The molecule has 2 aromatic carbocycles. The van der Waals surface area contributed by atoms with Crippen molar-refractivity contribution in [1.82, 2.24) is 0 Å². The molecule has 4 rings (SSSR count). The van der Waals surface area contributed by atoms with Gasteiger partial charge < -0.3 is 9.47 Å². The van der Waals surface area contributed by atoms with Crippen LogP contribution in [0.3, 0.4) is 0 Å². The predicted molar refractivity (Wildman–Crippen MR) is 103 cm³/mol. The fraction of sp³-hybridized carbons (Fsp3) is 0.304. The van der Waals surface area contributed by atoms with E-state index in [0.717, 1.165) is 5.56 Å². The van der Waals surface area contributed by atoms with E-state index in [1.807, 2.05) is 25.1 Å². The quantitative estimate of drug-likeness (QED) is 0.810. The van der Waals surface area contributed by atoms with E-state index >= 15 is 0 Å². The zero-order valence-electron chi connectivity index (χ0n) is 16.3. The summed E-state index contributed by atoms with van der Waals surface area (Å²) < 4.78 is 25.8. The maximum Gasteiger partial charge on any atom is 0.244 e. The third-order valence-corrected chi connectivity index (χ3v) is 6.26. The van der Waals surface area contributed by atoms with Crippen LogP contribution in [-0.4, -0.2) is 5.90 Å². The SMILES string of the molecule is Cc1cccc(C2OC3(c4ccc(F)cc4)OC(=N)C(C#N)(C3C)C2(C#N)C#N)c1. The number of nitriles is 3. The van der Waals surface area contributed by atoms with E-state index in [2.05, 4.69) is 6.07 Å². The predicted octanol–water partition coefficient (Wildman–Crippen LogP) is 4.25. The van der Waals surface area contributed by atoms with E-state index in [1.165, 1.54) is 24.3 Å². The van der Waals surface area contributed by atoms with E-state index < -0.39 is 40.4 Å². The normalized spacial score (nSPS) is 31.1. The second-order valence-electron chi connectivity index (χ2n) is 7.69. The summed E-state index contributed by atoms with van der Waals surface area (Å²) in [5.74, 6) is -3.46. The molecule has 4 unspecified atom stereocenters. The third kappa shape index (κ3) is 2.15. The molecular weight excluding hydrogens is 383 g/mol. The Morgan fingerprint density at radius 3 is 2.27 bits per heavy atom. The molecule has 0 amide bonds. The summed E-state index contributed by atoms with van der Waals surface area (Å²) in [6.45, 7) is 3.47. The topological polar surface area (TPSA) is 114 Å². The van der Waals surface area contributed by atoms with Gasteiger partial charge in [-0.15, -0.1) is 0 Å². The van der Waals surface area contributed by atoms with Gasteiger partial charge in [-0.2, -0.15) is 15.8 Å². The minimum atomic E-state index is -2.02. The van der Waals surface area contributed by atoms with Gasteiger partial charge in [0.1, 0.15) is 11.9 Å². The summed E-state index contributed by atoms with van der Waals surface area (Å²) in [5, 5.41) is 39.1. The van der Waals surface area contributed by atoms with Gasteiger partial charge in [-0.25, -0.2) is 4.39 Å². The molecular formula is C23H17FN4O2. The lowest BCUT2D eigenvalue weighted by molar-refractivity contribution is -0.288. The molecule has 2 aliphatic heterocycles. The lowest BCUT2D eigenvalue weighted by atomic mass is 9.53. The van der Waals surface area contributed by atoms with Crippen LogP contribution in [0.1, 0.15) is 29.7 Å². The molecule has 0 aromatic heterocycles. The van der Waals surface area contributed by atoms with Crippen molar-refractivity contribution >= 4 is 5.90 Å². The Morgan fingerprint density at radius 1 is 1.03 bits per heavy atom. The molecule has 30 heavy (non-hydrogen) atoms. The zero-order valence-corrected chi connectivity index (χ0v) is 16.3. The van der Waals surface area contributed by atoms with Crippen molar-refractivity contribution in [1.29, 1.82) is 21.2 Å². The van der Waals surface area contributed by atoms with E-state index in [1.54, 1.807) is 25.1 Å². The molecule has 2 aliphatic rings. The molecule has 6 nitrogen and oxygen atoms in total. The van der Waals surface area contributed by atoms with Gasteiger partial charge in [0.25, 0.3) is 0 Å². The van der Waals surface area contributed by atoms with Crippen LogP contribution in [0.15, 0.2) is 48.5 Å². The number of nitrogens with one attached hydrogen (secondary N) is 1. The number of fused-ring (bicyclic) bond motifs is 2. The number of ether oxygens (including phenoxy) is 2. The summed E-state index contributed by atoms with van der Waals surface area (Å²) in [7, 11) is 0. The van der Waals surface area contributed by atoms with Gasteiger partial charge in [-0.1, -0.05) is 36.8 Å². The third-order valence-electron chi connectivity index (χ3n) is 6.26. The smallest absolute Gasteiger partial charge is 0.244 e. The molecule has 1 N–H and O–H groups in total. The molecule has 0 radical (unpaired) electrons. The van der Waals surface area contributed by atoms with Gasteiger partial charge in [0.05, 0.1) is 24.1 Å². The molecule has 2 fully saturated rings. The Labute approximate surface area is 173 Å². The number of aryl methyl sites for hydroxylation is 1. The molecule has 7 heteroatoms. The fourth-order valence-corrected chi connectivity index (χ4v) is 4.68. The van der Waals surface area contributed by atoms with E-state index in [-0.39, 0.29) is 0 Å². The van der Waals surface area contributed by atoms with Gasteiger partial charge >= 0.3 is 0 Å². The van der Waals surface area contributed by atoms with E-state index in [4.69, 9.17) is 14.9 Å². The molecule has 0 saturated carbocycles. The van der Waals surface area contributed by atoms with Gasteiger partial charge in [-0.05, 0) is 36.8 Å². The second-order valence-corrected chi connectivity index (χ2v) is 7.69. The van der Waals surface area contributed by atoms with Gasteiger partial charge in [0.15, 0.2) is 5.41 Å². The maximum atomic E-state index is 13.6. The van der Waals surface area contributed by atoms with Crippen LogP contribution in [-0.2, 0) is 15.3 Å². The highest BCUT2D eigenvalue weighted by Gasteiger charge is 2.79. The lowest BCUT2D eigenvalue weighted by Crippen LogP contribution is -2.57. The number of hydrogen-bond acceptors (Lipinski definition) is 6. The van der Waals surface area contributed by atoms with Crippen molar-refractivity contribution in [3.8, 4) is 18.2 Å². The molecule has 2 aromatic rings. The molecule has 4 atom stereocenters. The Kier molecular flexibility index (Phi) is 4.17. The Morgan fingerprint density at radius 2 is 1.70 bits per heavy atom. The number of hydrogen-bond donors (Lipinski definition) is 1. The monoisotopic (exact) mass is 400 g/mol. The molecule has 0 spiro atoms. The second kappa shape index (κ2) is 6.39. The maximum absolute atomic E-state index is 13.6. The van der Waals surface area contributed by atoms with Crippen LogP contribution in [0, 0.1) is 68.9 Å². The van der Waals surface area contributed by atoms with E-state index in [0.29, 0.717) is 11.1 Å². The van der Waals surface area contributed by atoms with Crippen LogP contribution >= 0.6 is 0 Å². The van der Waals surface area contributed by atoms with Crippen molar-refractivity contribution in [2.45, 2.75) is 25.7 Å². The van der Waals surface area contributed by atoms with Crippen molar-refractivity contribution in [2.24, 2.45) is 16.7 Å². The highest BCUT2D eigenvalue weighted by molar-refractivity contribution is 5.89. The number of benzene rings is 2. The minimum absolute atomic E-state index is 0.403. The van der Waals surface area contributed by atoms with Crippen LogP contribution in [0.2, 0.25) is 0 Å². The van der Waals surface area contributed by atoms with Crippen LogP contribution < -0.4 is 0 Å². The number of nitrogens with zero attached hydrogens (tertiary/aromatic N) is 3. The van der Waals surface area contributed by atoms with Gasteiger partial charge in [0, 0.05) is 5.56 Å². The van der Waals surface area contributed by atoms with Gasteiger partial charge in [0.2, 0.25) is 17.1 Å². The fourth-order valence-electron chi connectivity index (χ4n) is 4.68. The van der Waals surface area contributed by atoms with Crippen LogP contribution in [0.4, 0.5) is 4.39 Å². The summed E-state index contributed by atoms with van der Waals surface area (Å²) in [4.78, 5) is 0. The number of rotatable bonds is 2. The zero-order chi connectivity index (χ0) is 21.7. The Balaban J connectivity index is 2.04. The first kappa shape index (κ1) is 19.6. The standard InChI is InChI=1S/C23H17FN4O2/c1-14-4-3-5-16(10-14)19-21(11-25,12-26)22(13-27)15(2)23(29-19,30-20(22)28)17-6-8-18(24)9-7-17/h3-10,15,19,28H,1-2H3. The summed E-state index contributed by atoms with van der Waals surface area (Å²) >= 11 is 0. The average molecular weight is 400 g/mol. The Hall–Kier alpha value is -3.73. The first-order valence-electron chi connectivity index (χ1n) is 9.33. The average Bonchev–Trinajstić information content (AvgIpc) is 2.90. The first-order chi connectivity index (χ1) is 14.3. The minimum Gasteiger partial charge on any atom is -0.443 e. The largest absolute Gasteiger partial charge is 0.443 e. The molecule has 2 heterocycles. The van der Waals surface area contributed by atoms with Crippen molar-refractivity contribution < 1.29 is 13.9 Å². The van der Waals surface area contributed by atoms with Crippen molar-refractivity contribution in [3.63, 3.8) is 0 Å². The first-order valence-corrected chi connectivity index (χ1v) is 9.33.